The maximum absolute atomic E-state index is 5.55. The summed E-state index contributed by atoms with van der Waals surface area (Å²) in [6.07, 6.45) is 1.15. The lowest BCUT2D eigenvalue weighted by atomic mass is 10.3. The Morgan fingerprint density at radius 3 is 2.90 bits per heavy atom. The standard InChI is InChI=1S/C12H22N6OS/c1-4-9-7-18(5-6-20-9)11-14-10(17-13)15-12(16-11)19-8(2)3/h8-9H,4-7,13H2,1-3H3,(H,14,15,16,17). The van der Waals surface area contributed by atoms with Crippen molar-refractivity contribution in [1.82, 2.24) is 15.0 Å². The highest BCUT2D eigenvalue weighted by molar-refractivity contribution is 8.00. The average Bonchev–Trinajstić information content (AvgIpc) is 2.46. The van der Waals surface area contributed by atoms with E-state index in [2.05, 4.69) is 32.2 Å². The molecule has 0 aliphatic carbocycles. The molecule has 1 aliphatic rings. The van der Waals surface area contributed by atoms with E-state index in [9.17, 15) is 0 Å². The van der Waals surface area contributed by atoms with E-state index in [1.807, 2.05) is 25.6 Å². The molecular weight excluding hydrogens is 276 g/mol. The second kappa shape index (κ2) is 6.94. The summed E-state index contributed by atoms with van der Waals surface area (Å²) in [7, 11) is 0. The summed E-state index contributed by atoms with van der Waals surface area (Å²) >= 11 is 2.00. The van der Waals surface area contributed by atoms with Crippen molar-refractivity contribution >= 4 is 23.7 Å². The maximum atomic E-state index is 5.55. The highest BCUT2D eigenvalue weighted by Crippen LogP contribution is 2.25. The van der Waals surface area contributed by atoms with Gasteiger partial charge in [-0.1, -0.05) is 6.92 Å². The third kappa shape index (κ3) is 3.86. The summed E-state index contributed by atoms with van der Waals surface area (Å²) in [6.45, 7) is 7.94. The van der Waals surface area contributed by atoms with E-state index in [0.717, 1.165) is 25.3 Å². The summed E-state index contributed by atoms with van der Waals surface area (Å²) in [4.78, 5) is 15.0. The molecule has 8 heteroatoms. The molecule has 112 valence electrons. The Morgan fingerprint density at radius 2 is 2.25 bits per heavy atom. The van der Waals surface area contributed by atoms with E-state index in [-0.39, 0.29) is 6.10 Å². The minimum absolute atomic E-state index is 0.0103. The number of nitrogens with two attached hydrogens (primary N) is 1. The number of ether oxygens (including phenoxy) is 1. The van der Waals surface area contributed by atoms with Gasteiger partial charge in [0.05, 0.1) is 6.10 Å². The topological polar surface area (TPSA) is 89.2 Å². The number of aromatic nitrogens is 3. The van der Waals surface area contributed by atoms with Crippen molar-refractivity contribution in [3.8, 4) is 6.01 Å². The SMILES string of the molecule is CCC1CN(c2nc(NN)nc(OC(C)C)n2)CCS1. The highest BCUT2D eigenvalue weighted by Gasteiger charge is 2.22. The smallest absolute Gasteiger partial charge is 0.323 e. The minimum Gasteiger partial charge on any atom is -0.461 e. The van der Waals surface area contributed by atoms with E-state index in [1.165, 1.54) is 0 Å². The number of hydrazine groups is 1. The fourth-order valence-corrected chi connectivity index (χ4v) is 3.14. The van der Waals surface area contributed by atoms with Gasteiger partial charge in [-0.3, -0.25) is 5.43 Å². The van der Waals surface area contributed by atoms with Crippen molar-refractivity contribution in [3.05, 3.63) is 0 Å². The molecule has 2 rings (SSSR count). The van der Waals surface area contributed by atoms with E-state index in [4.69, 9.17) is 10.6 Å². The van der Waals surface area contributed by atoms with Gasteiger partial charge in [0.2, 0.25) is 11.9 Å². The van der Waals surface area contributed by atoms with Gasteiger partial charge >= 0.3 is 6.01 Å². The van der Waals surface area contributed by atoms with E-state index >= 15 is 0 Å². The molecule has 0 amide bonds. The van der Waals surface area contributed by atoms with Crippen LogP contribution in [0, 0.1) is 0 Å². The number of anilines is 2. The first kappa shape index (κ1) is 15.1. The Bertz CT molecular complexity index is 444. The Kier molecular flexibility index (Phi) is 5.24. The van der Waals surface area contributed by atoms with Crippen molar-refractivity contribution < 1.29 is 4.74 Å². The molecule has 20 heavy (non-hydrogen) atoms. The summed E-state index contributed by atoms with van der Waals surface area (Å²) in [6, 6.07) is 0.309. The summed E-state index contributed by atoms with van der Waals surface area (Å²) in [5, 5.41) is 0.615. The second-order valence-electron chi connectivity index (χ2n) is 4.90. The first-order chi connectivity index (χ1) is 9.62. The number of hydrogen-bond acceptors (Lipinski definition) is 8. The Hall–Kier alpha value is -1.28. The lowest BCUT2D eigenvalue weighted by Gasteiger charge is -2.32. The molecule has 0 radical (unpaired) electrons. The molecule has 3 N–H and O–H groups in total. The third-order valence-corrected chi connectivity index (χ3v) is 4.32. The van der Waals surface area contributed by atoms with E-state index in [1.54, 1.807) is 0 Å². The van der Waals surface area contributed by atoms with Gasteiger partial charge in [0, 0.05) is 24.1 Å². The van der Waals surface area contributed by atoms with Gasteiger partial charge in [0.1, 0.15) is 0 Å². The van der Waals surface area contributed by atoms with Crippen LogP contribution < -0.4 is 20.9 Å². The van der Waals surface area contributed by atoms with Gasteiger partial charge in [0.25, 0.3) is 0 Å². The number of hydrogen-bond donors (Lipinski definition) is 2. The Morgan fingerprint density at radius 1 is 1.45 bits per heavy atom. The van der Waals surface area contributed by atoms with Gasteiger partial charge in [-0.2, -0.15) is 26.7 Å². The monoisotopic (exact) mass is 298 g/mol. The van der Waals surface area contributed by atoms with Crippen molar-refractivity contribution in [2.24, 2.45) is 5.84 Å². The molecule has 1 aromatic heterocycles. The van der Waals surface area contributed by atoms with Crippen molar-refractivity contribution in [1.29, 1.82) is 0 Å². The quantitative estimate of drug-likeness (QED) is 0.620. The molecule has 0 aromatic carbocycles. The molecule has 7 nitrogen and oxygen atoms in total. The molecule has 0 bridgehead atoms. The number of rotatable bonds is 5. The van der Waals surface area contributed by atoms with Crippen LogP contribution >= 0.6 is 11.8 Å². The van der Waals surface area contributed by atoms with Gasteiger partial charge in [-0.25, -0.2) is 5.84 Å². The van der Waals surface area contributed by atoms with Gasteiger partial charge in [0.15, 0.2) is 0 Å². The lowest BCUT2D eigenvalue weighted by molar-refractivity contribution is 0.222. The molecule has 1 fully saturated rings. The minimum atomic E-state index is 0.0103. The van der Waals surface area contributed by atoms with Crippen molar-refractivity contribution in [2.45, 2.75) is 38.5 Å². The number of nitrogens with zero attached hydrogens (tertiary/aromatic N) is 4. The average molecular weight is 298 g/mol. The molecule has 1 aliphatic heterocycles. The van der Waals surface area contributed by atoms with Gasteiger partial charge in [-0.15, -0.1) is 0 Å². The first-order valence-corrected chi connectivity index (χ1v) is 7.93. The number of nitrogen functional groups attached to an aromatic ring is 1. The van der Waals surface area contributed by atoms with Crippen molar-refractivity contribution in [2.75, 3.05) is 29.2 Å². The van der Waals surface area contributed by atoms with Crippen LogP contribution in [0.4, 0.5) is 11.9 Å². The summed E-state index contributed by atoms with van der Waals surface area (Å²) in [5.41, 5.74) is 2.47. The van der Waals surface area contributed by atoms with E-state index in [0.29, 0.717) is 23.2 Å². The predicted octanol–water partition coefficient (Wildman–Crippen LogP) is 1.28. The Balaban J connectivity index is 2.20. The normalized spacial score (nSPS) is 19.2. The maximum Gasteiger partial charge on any atom is 0.323 e. The highest BCUT2D eigenvalue weighted by atomic mass is 32.2. The predicted molar refractivity (Wildman–Crippen MR) is 82.2 cm³/mol. The Labute approximate surface area is 123 Å². The molecule has 1 aromatic rings. The second-order valence-corrected chi connectivity index (χ2v) is 6.31. The third-order valence-electron chi connectivity index (χ3n) is 2.95. The first-order valence-electron chi connectivity index (χ1n) is 6.88. The fourth-order valence-electron chi connectivity index (χ4n) is 1.96. The van der Waals surface area contributed by atoms with Gasteiger partial charge in [-0.05, 0) is 20.3 Å². The zero-order valence-electron chi connectivity index (χ0n) is 12.2. The van der Waals surface area contributed by atoms with Crippen LogP contribution in [0.1, 0.15) is 27.2 Å². The zero-order chi connectivity index (χ0) is 14.5. The van der Waals surface area contributed by atoms with Crippen LogP contribution in [-0.2, 0) is 0 Å². The van der Waals surface area contributed by atoms with Crippen LogP contribution in [0.3, 0.4) is 0 Å². The summed E-state index contributed by atoms with van der Waals surface area (Å²) in [5.74, 6) is 7.46. The molecule has 1 unspecified atom stereocenters. The van der Waals surface area contributed by atoms with Crippen LogP contribution in [0.15, 0.2) is 0 Å². The lowest BCUT2D eigenvalue weighted by Crippen LogP contribution is -2.39. The van der Waals surface area contributed by atoms with Crippen molar-refractivity contribution in [3.63, 3.8) is 0 Å². The number of thioether (sulfide) groups is 1. The molecule has 2 heterocycles. The largest absolute Gasteiger partial charge is 0.461 e. The molecule has 0 saturated carbocycles. The van der Waals surface area contributed by atoms with Crippen LogP contribution in [0.5, 0.6) is 6.01 Å². The number of nitrogens with one attached hydrogen (secondary N) is 1. The van der Waals surface area contributed by atoms with Crippen LogP contribution in [-0.4, -0.2) is 45.1 Å². The zero-order valence-corrected chi connectivity index (χ0v) is 13.0. The molecule has 1 atom stereocenters. The van der Waals surface area contributed by atoms with Gasteiger partial charge < -0.3 is 9.64 Å². The van der Waals surface area contributed by atoms with Crippen LogP contribution in [0.2, 0.25) is 0 Å². The van der Waals surface area contributed by atoms with E-state index < -0.39 is 0 Å². The summed E-state index contributed by atoms with van der Waals surface area (Å²) < 4.78 is 5.55. The molecule has 1 saturated heterocycles. The fraction of sp³-hybridized carbons (Fsp3) is 0.750. The molecule has 0 spiro atoms. The van der Waals surface area contributed by atoms with Crippen LogP contribution in [0.25, 0.3) is 0 Å². The molecular formula is C12H22N6OS.